The second kappa shape index (κ2) is 12.3. The lowest BCUT2D eigenvalue weighted by molar-refractivity contribution is -0.141. The molecule has 1 aliphatic carbocycles. The van der Waals surface area contributed by atoms with Gasteiger partial charge in [-0.05, 0) is 18.8 Å². The SMILES string of the molecule is COC(=O)CCOCCOCCNC(=O)[C@H](N)C1CCCCC1. The maximum Gasteiger partial charge on any atom is 0.307 e. The summed E-state index contributed by atoms with van der Waals surface area (Å²) in [4.78, 5) is 22.8. The third kappa shape index (κ3) is 8.88. The molecule has 1 atom stereocenters. The average Bonchev–Trinajstić information content (AvgIpc) is 2.59. The molecule has 0 saturated heterocycles. The van der Waals surface area contributed by atoms with Crippen molar-refractivity contribution in [3.63, 3.8) is 0 Å². The van der Waals surface area contributed by atoms with E-state index in [0.717, 1.165) is 12.8 Å². The van der Waals surface area contributed by atoms with Crippen LogP contribution < -0.4 is 11.1 Å². The molecule has 134 valence electrons. The Morgan fingerprint density at radius 2 is 1.74 bits per heavy atom. The summed E-state index contributed by atoms with van der Waals surface area (Å²) in [6.07, 6.45) is 5.93. The number of hydrogen-bond acceptors (Lipinski definition) is 6. The number of nitrogens with two attached hydrogens (primary N) is 1. The van der Waals surface area contributed by atoms with Gasteiger partial charge in [0.05, 0.1) is 46.0 Å². The van der Waals surface area contributed by atoms with Gasteiger partial charge in [0, 0.05) is 6.54 Å². The summed E-state index contributed by atoms with van der Waals surface area (Å²) in [5.74, 6) is -0.0642. The summed E-state index contributed by atoms with van der Waals surface area (Å²) < 4.78 is 15.1. The van der Waals surface area contributed by atoms with Gasteiger partial charge in [0.25, 0.3) is 0 Å². The quantitative estimate of drug-likeness (QED) is 0.425. The lowest BCUT2D eigenvalue weighted by Gasteiger charge is -2.26. The molecule has 7 heteroatoms. The largest absolute Gasteiger partial charge is 0.469 e. The highest BCUT2D eigenvalue weighted by atomic mass is 16.5. The molecule has 0 bridgehead atoms. The molecule has 0 aromatic carbocycles. The van der Waals surface area contributed by atoms with E-state index in [-0.39, 0.29) is 18.3 Å². The fourth-order valence-electron chi connectivity index (χ4n) is 2.65. The van der Waals surface area contributed by atoms with Gasteiger partial charge in [-0.1, -0.05) is 19.3 Å². The number of hydrogen-bond donors (Lipinski definition) is 2. The second-order valence-electron chi connectivity index (χ2n) is 5.77. The first-order valence-corrected chi connectivity index (χ1v) is 8.40. The molecule has 0 heterocycles. The summed E-state index contributed by atoms with van der Waals surface area (Å²) in [6.45, 7) is 2.02. The number of methoxy groups -OCH3 is 1. The number of nitrogens with one attached hydrogen (secondary N) is 1. The lowest BCUT2D eigenvalue weighted by atomic mass is 9.84. The molecule has 0 aromatic rings. The maximum absolute atomic E-state index is 11.9. The molecule has 0 aromatic heterocycles. The van der Waals surface area contributed by atoms with Crippen molar-refractivity contribution in [1.29, 1.82) is 0 Å². The van der Waals surface area contributed by atoms with Crippen LogP contribution in [0.25, 0.3) is 0 Å². The molecule has 0 aliphatic heterocycles. The summed E-state index contributed by atoms with van der Waals surface area (Å²) in [5.41, 5.74) is 6.01. The molecule has 7 nitrogen and oxygen atoms in total. The molecular formula is C16H30N2O5. The van der Waals surface area contributed by atoms with Gasteiger partial charge in [0.1, 0.15) is 0 Å². The Kier molecular flexibility index (Phi) is 10.6. The van der Waals surface area contributed by atoms with Crippen LogP contribution in [0.1, 0.15) is 38.5 Å². The van der Waals surface area contributed by atoms with Crippen LogP contribution in [0.15, 0.2) is 0 Å². The standard InChI is InChI=1S/C16H30N2O5/c1-21-14(19)7-9-22-11-12-23-10-8-18-16(20)15(17)13-5-3-2-4-6-13/h13,15H,2-12,17H2,1H3,(H,18,20)/t15-/m1/s1. The number of ether oxygens (including phenoxy) is 3. The van der Waals surface area contributed by atoms with E-state index in [2.05, 4.69) is 10.1 Å². The van der Waals surface area contributed by atoms with Crippen molar-refractivity contribution in [2.75, 3.05) is 40.1 Å². The number of rotatable bonds is 11. The minimum Gasteiger partial charge on any atom is -0.469 e. The van der Waals surface area contributed by atoms with E-state index in [4.69, 9.17) is 15.2 Å². The number of amides is 1. The van der Waals surface area contributed by atoms with Crippen molar-refractivity contribution in [3.8, 4) is 0 Å². The van der Waals surface area contributed by atoms with Gasteiger partial charge in [-0.15, -0.1) is 0 Å². The monoisotopic (exact) mass is 330 g/mol. The highest BCUT2D eigenvalue weighted by Crippen LogP contribution is 2.25. The van der Waals surface area contributed by atoms with Crippen molar-refractivity contribution in [2.24, 2.45) is 11.7 Å². The Bertz CT molecular complexity index is 345. The van der Waals surface area contributed by atoms with Gasteiger partial charge < -0.3 is 25.3 Å². The zero-order valence-electron chi connectivity index (χ0n) is 14.1. The molecule has 1 saturated carbocycles. The summed E-state index contributed by atoms with van der Waals surface area (Å²) >= 11 is 0. The van der Waals surface area contributed by atoms with Crippen LogP contribution in [-0.4, -0.2) is 58.0 Å². The van der Waals surface area contributed by atoms with E-state index < -0.39 is 6.04 Å². The minimum atomic E-state index is -0.406. The van der Waals surface area contributed by atoms with Crippen LogP contribution in [0.3, 0.4) is 0 Å². The molecule has 1 fully saturated rings. The predicted octanol–water partition coefficient (Wildman–Crippen LogP) is 0.607. The first-order chi connectivity index (χ1) is 11.1. The van der Waals surface area contributed by atoms with Crippen LogP contribution in [0.5, 0.6) is 0 Å². The Balaban J connectivity index is 1.93. The van der Waals surface area contributed by atoms with Crippen molar-refractivity contribution in [2.45, 2.75) is 44.6 Å². The molecule has 0 spiro atoms. The second-order valence-corrected chi connectivity index (χ2v) is 5.77. The number of carbonyl (C=O) groups is 2. The van der Waals surface area contributed by atoms with Crippen molar-refractivity contribution in [3.05, 3.63) is 0 Å². The number of carbonyl (C=O) groups excluding carboxylic acids is 2. The Hall–Kier alpha value is -1.18. The predicted molar refractivity (Wildman–Crippen MR) is 85.8 cm³/mol. The third-order valence-electron chi connectivity index (χ3n) is 4.06. The summed E-state index contributed by atoms with van der Waals surface area (Å²) in [7, 11) is 1.35. The van der Waals surface area contributed by atoms with E-state index in [1.54, 1.807) is 0 Å². The molecule has 1 amide bonds. The van der Waals surface area contributed by atoms with Gasteiger partial charge in [-0.25, -0.2) is 0 Å². The highest BCUT2D eigenvalue weighted by Gasteiger charge is 2.25. The topological polar surface area (TPSA) is 99.9 Å². The van der Waals surface area contributed by atoms with E-state index in [1.807, 2.05) is 0 Å². The smallest absolute Gasteiger partial charge is 0.307 e. The molecule has 23 heavy (non-hydrogen) atoms. The molecule has 0 unspecified atom stereocenters. The molecule has 1 rings (SSSR count). The zero-order chi connectivity index (χ0) is 16.9. The van der Waals surface area contributed by atoms with Crippen LogP contribution in [0, 0.1) is 5.92 Å². The highest BCUT2D eigenvalue weighted by molar-refractivity contribution is 5.81. The van der Waals surface area contributed by atoms with Crippen LogP contribution >= 0.6 is 0 Å². The van der Waals surface area contributed by atoms with Crippen molar-refractivity contribution >= 4 is 11.9 Å². The summed E-state index contributed by atoms with van der Waals surface area (Å²) in [5, 5.41) is 2.81. The van der Waals surface area contributed by atoms with E-state index in [0.29, 0.717) is 38.9 Å². The normalized spacial score (nSPS) is 16.8. The van der Waals surface area contributed by atoms with Gasteiger partial charge in [-0.2, -0.15) is 0 Å². The number of esters is 1. The fraction of sp³-hybridized carbons (Fsp3) is 0.875. The summed E-state index contributed by atoms with van der Waals surface area (Å²) in [6, 6.07) is -0.406. The van der Waals surface area contributed by atoms with Crippen LogP contribution in [-0.2, 0) is 23.8 Å². The van der Waals surface area contributed by atoms with Gasteiger partial charge >= 0.3 is 5.97 Å². The van der Waals surface area contributed by atoms with Gasteiger partial charge in [0.15, 0.2) is 0 Å². The Morgan fingerprint density at radius 3 is 2.39 bits per heavy atom. The molecule has 3 N–H and O–H groups in total. The van der Waals surface area contributed by atoms with Crippen LogP contribution in [0.4, 0.5) is 0 Å². The Labute approximate surface area is 138 Å². The zero-order valence-corrected chi connectivity index (χ0v) is 14.1. The lowest BCUT2D eigenvalue weighted by Crippen LogP contribution is -2.46. The van der Waals surface area contributed by atoms with E-state index >= 15 is 0 Å². The first-order valence-electron chi connectivity index (χ1n) is 8.40. The van der Waals surface area contributed by atoms with Gasteiger partial charge in [0.2, 0.25) is 5.91 Å². The average molecular weight is 330 g/mol. The van der Waals surface area contributed by atoms with Crippen molar-refractivity contribution < 1.29 is 23.8 Å². The van der Waals surface area contributed by atoms with Crippen LogP contribution in [0.2, 0.25) is 0 Å². The van der Waals surface area contributed by atoms with Crippen molar-refractivity contribution in [1.82, 2.24) is 5.32 Å². The molecule has 1 aliphatic rings. The third-order valence-corrected chi connectivity index (χ3v) is 4.06. The fourth-order valence-corrected chi connectivity index (χ4v) is 2.65. The maximum atomic E-state index is 11.9. The Morgan fingerprint density at radius 1 is 1.09 bits per heavy atom. The van der Waals surface area contributed by atoms with Gasteiger partial charge in [-0.3, -0.25) is 9.59 Å². The molecule has 0 radical (unpaired) electrons. The minimum absolute atomic E-state index is 0.0881. The van der Waals surface area contributed by atoms with E-state index in [1.165, 1.54) is 26.4 Å². The van der Waals surface area contributed by atoms with E-state index in [9.17, 15) is 9.59 Å². The first kappa shape index (κ1) is 19.9. The molecular weight excluding hydrogens is 300 g/mol.